The van der Waals surface area contributed by atoms with Crippen LogP contribution in [0, 0.1) is 0 Å². The molecule has 0 aliphatic carbocycles. The number of rotatable bonds is 2. The summed E-state index contributed by atoms with van der Waals surface area (Å²) in [6.45, 7) is 0.430. The van der Waals surface area contributed by atoms with Crippen LogP contribution in [0.1, 0.15) is 23.6 Å². The lowest BCUT2D eigenvalue weighted by molar-refractivity contribution is 0.129. The maximum Gasteiger partial charge on any atom is 0.408 e. The molecule has 1 aliphatic rings. The number of carboxylic acid groups (broad SMARTS) is 1. The molecule has 1 aliphatic heterocycles. The Morgan fingerprint density at radius 2 is 1.62 bits per heavy atom. The molecule has 0 spiro atoms. The van der Waals surface area contributed by atoms with Crippen LogP contribution in [0.25, 0.3) is 5.57 Å². The second-order valence-electron chi connectivity index (χ2n) is 5.16. The first-order valence-corrected chi connectivity index (χ1v) is 7.04. The van der Waals surface area contributed by atoms with E-state index < -0.39 is 6.09 Å². The van der Waals surface area contributed by atoms with E-state index in [1.54, 1.807) is 0 Å². The molecule has 106 valence electrons. The van der Waals surface area contributed by atoms with Gasteiger partial charge in [-0.15, -0.1) is 0 Å². The maximum absolute atomic E-state index is 11.5. The number of nitrogens with zero attached hydrogens (tertiary/aromatic N) is 1. The minimum atomic E-state index is -0.868. The van der Waals surface area contributed by atoms with Crippen LogP contribution < -0.4 is 0 Å². The number of hydrogen-bond donors (Lipinski definition) is 1. The number of carbonyl (C=O) groups is 1. The van der Waals surface area contributed by atoms with Crippen molar-refractivity contribution >= 4 is 11.7 Å². The minimum Gasteiger partial charge on any atom is -0.465 e. The Morgan fingerprint density at radius 1 is 1.00 bits per heavy atom. The van der Waals surface area contributed by atoms with Crippen LogP contribution in [0.15, 0.2) is 66.7 Å². The SMILES string of the molecule is O=C(O)N1CC=C(c2ccccc2)CC1c1ccccc1. The van der Waals surface area contributed by atoms with Gasteiger partial charge in [0.2, 0.25) is 0 Å². The average molecular weight is 279 g/mol. The van der Waals surface area contributed by atoms with Gasteiger partial charge in [0.15, 0.2) is 0 Å². The van der Waals surface area contributed by atoms with Crippen molar-refractivity contribution in [1.29, 1.82) is 0 Å². The molecule has 0 saturated heterocycles. The molecule has 1 N–H and O–H groups in total. The number of benzene rings is 2. The second kappa shape index (κ2) is 5.83. The van der Waals surface area contributed by atoms with E-state index in [0.717, 1.165) is 5.56 Å². The zero-order valence-corrected chi connectivity index (χ0v) is 11.6. The number of hydrogen-bond acceptors (Lipinski definition) is 1. The fourth-order valence-corrected chi connectivity index (χ4v) is 2.81. The first-order chi connectivity index (χ1) is 10.3. The molecule has 21 heavy (non-hydrogen) atoms. The van der Waals surface area contributed by atoms with Crippen molar-refractivity contribution in [2.24, 2.45) is 0 Å². The van der Waals surface area contributed by atoms with Crippen LogP contribution in [0.3, 0.4) is 0 Å². The molecule has 0 fully saturated rings. The molecule has 0 radical (unpaired) electrons. The smallest absolute Gasteiger partial charge is 0.408 e. The van der Waals surface area contributed by atoms with E-state index in [1.165, 1.54) is 16.0 Å². The highest BCUT2D eigenvalue weighted by Gasteiger charge is 2.28. The van der Waals surface area contributed by atoms with Gasteiger partial charge in [-0.2, -0.15) is 0 Å². The lowest BCUT2D eigenvalue weighted by Crippen LogP contribution is -2.36. The molecular formula is C18H17NO2. The zero-order valence-electron chi connectivity index (χ0n) is 11.6. The summed E-state index contributed by atoms with van der Waals surface area (Å²) in [6.07, 6.45) is 1.86. The molecule has 1 unspecified atom stereocenters. The fraction of sp³-hybridized carbons (Fsp3) is 0.167. The van der Waals surface area contributed by atoms with Gasteiger partial charge in [0.25, 0.3) is 0 Å². The van der Waals surface area contributed by atoms with Crippen molar-refractivity contribution in [3.63, 3.8) is 0 Å². The van der Waals surface area contributed by atoms with E-state index in [4.69, 9.17) is 0 Å². The summed E-state index contributed by atoms with van der Waals surface area (Å²) >= 11 is 0. The third kappa shape index (κ3) is 2.82. The van der Waals surface area contributed by atoms with Gasteiger partial charge in [-0.05, 0) is 23.1 Å². The quantitative estimate of drug-likeness (QED) is 0.895. The highest BCUT2D eigenvalue weighted by atomic mass is 16.4. The van der Waals surface area contributed by atoms with Crippen molar-refractivity contribution < 1.29 is 9.90 Å². The van der Waals surface area contributed by atoms with Gasteiger partial charge < -0.3 is 5.11 Å². The van der Waals surface area contributed by atoms with Gasteiger partial charge in [0.1, 0.15) is 0 Å². The Bertz CT molecular complexity index is 649. The zero-order chi connectivity index (χ0) is 14.7. The molecule has 0 saturated carbocycles. The normalized spacial score (nSPS) is 18.2. The number of amides is 1. The van der Waals surface area contributed by atoms with Crippen molar-refractivity contribution in [3.8, 4) is 0 Å². The highest BCUT2D eigenvalue weighted by Crippen LogP contribution is 2.35. The third-order valence-corrected chi connectivity index (χ3v) is 3.90. The van der Waals surface area contributed by atoms with E-state index in [-0.39, 0.29) is 6.04 Å². The third-order valence-electron chi connectivity index (χ3n) is 3.90. The molecule has 1 amide bonds. The van der Waals surface area contributed by atoms with E-state index in [2.05, 4.69) is 12.1 Å². The van der Waals surface area contributed by atoms with Crippen molar-refractivity contribution in [2.75, 3.05) is 6.54 Å². The molecule has 2 aromatic rings. The molecule has 3 rings (SSSR count). The van der Waals surface area contributed by atoms with Gasteiger partial charge in [0, 0.05) is 6.54 Å². The van der Waals surface area contributed by atoms with Crippen LogP contribution in [0.4, 0.5) is 4.79 Å². The molecule has 1 heterocycles. The first kappa shape index (κ1) is 13.4. The highest BCUT2D eigenvalue weighted by molar-refractivity contribution is 5.72. The van der Waals surface area contributed by atoms with E-state index in [0.29, 0.717) is 13.0 Å². The molecule has 1 atom stereocenters. The summed E-state index contributed by atoms with van der Waals surface area (Å²) in [5.41, 5.74) is 3.42. The van der Waals surface area contributed by atoms with Gasteiger partial charge in [-0.1, -0.05) is 66.7 Å². The van der Waals surface area contributed by atoms with E-state index >= 15 is 0 Å². The van der Waals surface area contributed by atoms with Crippen LogP contribution >= 0.6 is 0 Å². The Balaban J connectivity index is 1.94. The molecule has 3 nitrogen and oxygen atoms in total. The Kier molecular flexibility index (Phi) is 3.73. The molecule has 0 bridgehead atoms. The summed E-state index contributed by atoms with van der Waals surface area (Å²) in [4.78, 5) is 13.0. The molecule has 0 aromatic heterocycles. The summed E-state index contributed by atoms with van der Waals surface area (Å²) in [5.74, 6) is 0. The van der Waals surface area contributed by atoms with Gasteiger partial charge >= 0.3 is 6.09 Å². The minimum absolute atomic E-state index is 0.121. The Labute approximate surface area is 124 Å². The van der Waals surface area contributed by atoms with E-state index in [9.17, 15) is 9.90 Å². The topological polar surface area (TPSA) is 40.5 Å². The van der Waals surface area contributed by atoms with Crippen LogP contribution in [-0.2, 0) is 0 Å². The monoisotopic (exact) mass is 279 g/mol. The Morgan fingerprint density at radius 3 is 2.24 bits per heavy atom. The molecule has 3 heteroatoms. The van der Waals surface area contributed by atoms with Gasteiger partial charge in [-0.3, -0.25) is 4.90 Å². The summed E-state index contributed by atoms with van der Waals surface area (Å²) in [6, 6.07) is 19.9. The van der Waals surface area contributed by atoms with Gasteiger partial charge in [0.05, 0.1) is 6.04 Å². The lowest BCUT2D eigenvalue weighted by Gasteiger charge is -2.33. The predicted molar refractivity (Wildman–Crippen MR) is 82.9 cm³/mol. The molecule has 2 aromatic carbocycles. The van der Waals surface area contributed by atoms with Crippen LogP contribution in [0.5, 0.6) is 0 Å². The maximum atomic E-state index is 11.5. The van der Waals surface area contributed by atoms with Crippen LogP contribution in [0.2, 0.25) is 0 Å². The average Bonchev–Trinajstić information content (AvgIpc) is 2.56. The Hall–Kier alpha value is -2.55. The van der Waals surface area contributed by atoms with Crippen molar-refractivity contribution in [1.82, 2.24) is 4.90 Å². The summed E-state index contributed by atoms with van der Waals surface area (Å²) in [5, 5.41) is 9.42. The lowest BCUT2D eigenvalue weighted by atomic mass is 9.90. The predicted octanol–water partition coefficient (Wildman–Crippen LogP) is 4.20. The van der Waals surface area contributed by atoms with Gasteiger partial charge in [-0.25, -0.2) is 4.79 Å². The summed E-state index contributed by atoms with van der Waals surface area (Å²) in [7, 11) is 0. The van der Waals surface area contributed by atoms with E-state index in [1.807, 2.05) is 54.6 Å². The van der Waals surface area contributed by atoms with Crippen molar-refractivity contribution in [3.05, 3.63) is 77.9 Å². The van der Waals surface area contributed by atoms with Crippen LogP contribution in [-0.4, -0.2) is 22.6 Å². The second-order valence-corrected chi connectivity index (χ2v) is 5.16. The standard InChI is InChI=1S/C18H17NO2/c20-18(21)19-12-11-16(14-7-3-1-4-8-14)13-17(19)15-9-5-2-6-10-15/h1-11,17H,12-13H2,(H,20,21). The fourth-order valence-electron chi connectivity index (χ4n) is 2.81. The van der Waals surface area contributed by atoms with Crippen molar-refractivity contribution in [2.45, 2.75) is 12.5 Å². The molecular weight excluding hydrogens is 262 g/mol. The largest absolute Gasteiger partial charge is 0.465 e. The first-order valence-electron chi connectivity index (χ1n) is 7.04. The summed E-state index contributed by atoms with van der Waals surface area (Å²) < 4.78 is 0.